The van der Waals surface area contributed by atoms with Crippen LogP contribution in [0.15, 0.2) is 103 Å². The molecule has 6 heteroatoms. The summed E-state index contributed by atoms with van der Waals surface area (Å²) in [7, 11) is 0. The third-order valence-electron chi connectivity index (χ3n) is 6.55. The number of fused-ring (bicyclic) bond motifs is 2. The molecule has 1 N–H and O–H groups in total. The lowest BCUT2D eigenvalue weighted by molar-refractivity contribution is -0.155. The number of hydrogen-bond donors (Lipinski definition) is 1. The molecule has 0 bridgehead atoms. The number of benzene rings is 4. The zero-order valence-corrected chi connectivity index (χ0v) is 20.7. The standard InChI is InChI=1S/C31H29NO5/c1-2-31(30(33)34,37-25-10-4-3-5-11-25)22-23-16-18-24(19-17-23)35-21-20-32-26-12-6-8-14-28(26)36-29-15-9-7-13-27(29)32/h3-19H,2,20-22H2,1H3,(H,33,34). The molecule has 0 aromatic heterocycles. The third kappa shape index (κ3) is 5.23. The first-order valence-electron chi connectivity index (χ1n) is 12.4. The maximum atomic E-state index is 12.2. The van der Waals surface area contributed by atoms with Crippen molar-refractivity contribution in [1.82, 2.24) is 0 Å². The Labute approximate surface area is 216 Å². The molecule has 0 amide bonds. The number of anilines is 2. The number of aliphatic carboxylic acids is 1. The molecule has 1 aliphatic rings. The van der Waals surface area contributed by atoms with Crippen molar-refractivity contribution in [1.29, 1.82) is 0 Å². The predicted molar refractivity (Wildman–Crippen MR) is 143 cm³/mol. The van der Waals surface area contributed by atoms with Crippen molar-refractivity contribution in [3.8, 4) is 23.0 Å². The van der Waals surface area contributed by atoms with E-state index in [4.69, 9.17) is 14.2 Å². The first-order chi connectivity index (χ1) is 18.1. The number of carboxylic acids is 1. The van der Waals surface area contributed by atoms with Crippen molar-refractivity contribution in [3.63, 3.8) is 0 Å². The highest BCUT2D eigenvalue weighted by Crippen LogP contribution is 2.45. The molecule has 1 heterocycles. The minimum absolute atomic E-state index is 0.245. The molecule has 5 rings (SSSR count). The average Bonchev–Trinajstić information content (AvgIpc) is 2.93. The van der Waals surface area contributed by atoms with Gasteiger partial charge in [-0.1, -0.05) is 61.5 Å². The Balaban J connectivity index is 1.25. The second-order valence-electron chi connectivity index (χ2n) is 8.93. The SMILES string of the molecule is CCC(Cc1ccc(OCCN2c3ccccc3Oc3ccccc32)cc1)(Oc1ccccc1)C(=O)O. The number of para-hydroxylation sites is 5. The highest BCUT2D eigenvalue weighted by atomic mass is 16.5. The monoisotopic (exact) mass is 495 g/mol. The third-order valence-corrected chi connectivity index (χ3v) is 6.55. The van der Waals surface area contributed by atoms with E-state index in [2.05, 4.69) is 4.90 Å². The molecule has 1 unspecified atom stereocenters. The van der Waals surface area contributed by atoms with Crippen LogP contribution in [0.3, 0.4) is 0 Å². The summed E-state index contributed by atoms with van der Waals surface area (Å²) in [6, 6.07) is 32.6. The van der Waals surface area contributed by atoms with Gasteiger partial charge in [0.15, 0.2) is 11.5 Å². The number of nitrogens with zero attached hydrogens (tertiary/aromatic N) is 1. The van der Waals surface area contributed by atoms with Crippen LogP contribution in [0.4, 0.5) is 11.4 Å². The van der Waals surface area contributed by atoms with E-state index < -0.39 is 11.6 Å². The molecule has 0 spiro atoms. The van der Waals surface area contributed by atoms with Crippen LogP contribution in [0.25, 0.3) is 0 Å². The fraction of sp³-hybridized carbons (Fsp3) is 0.194. The van der Waals surface area contributed by atoms with Gasteiger partial charge in [-0.25, -0.2) is 4.79 Å². The summed E-state index contributed by atoms with van der Waals surface area (Å²) in [5, 5.41) is 10.0. The van der Waals surface area contributed by atoms with Crippen molar-refractivity contribution in [3.05, 3.63) is 109 Å². The molecule has 0 radical (unpaired) electrons. The van der Waals surface area contributed by atoms with Crippen molar-refractivity contribution < 1.29 is 24.1 Å². The van der Waals surface area contributed by atoms with Gasteiger partial charge < -0.3 is 24.2 Å². The Kier molecular flexibility index (Phi) is 6.99. The first kappa shape index (κ1) is 24.3. The van der Waals surface area contributed by atoms with Crippen molar-refractivity contribution in [2.45, 2.75) is 25.4 Å². The molecule has 0 aliphatic carbocycles. The predicted octanol–water partition coefficient (Wildman–Crippen LogP) is 6.86. The van der Waals surface area contributed by atoms with Crippen molar-refractivity contribution in [2.75, 3.05) is 18.1 Å². The summed E-state index contributed by atoms with van der Waals surface area (Å²) in [5.41, 5.74) is 1.52. The summed E-state index contributed by atoms with van der Waals surface area (Å²) >= 11 is 0. The average molecular weight is 496 g/mol. The molecular formula is C31H29NO5. The lowest BCUT2D eigenvalue weighted by Gasteiger charge is -2.32. The molecule has 4 aromatic carbocycles. The van der Waals surface area contributed by atoms with E-state index in [1.54, 1.807) is 12.1 Å². The quantitative estimate of drug-likeness (QED) is 0.259. The highest BCUT2D eigenvalue weighted by molar-refractivity contribution is 5.79. The molecule has 0 saturated heterocycles. The van der Waals surface area contributed by atoms with Gasteiger partial charge in [0.05, 0.1) is 17.9 Å². The van der Waals surface area contributed by atoms with Crippen LogP contribution in [0.5, 0.6) is 23.0 Å². The van der Waals surface area contributed by atoms with Crippen LogP contribution in [-0.2, 0) is 11.2 Å². The van der Waals surface area contributed by atoms with E-state index in [-0.39, 0.29) is 6.42 Å². The first-order valence-corrected chi connectivity index (χ1v) is 12.4. The number of rotatable bonds is 10. The topological polar surface area (TPSA) is 68.2 Å². The lowest BCUT2D eigenvalue weighted by atomic mass is 9.91. The Morgan fingerprint density at radius 2 is 1.41 bits per heavy atom. The van der Waals surface area contributed by atoms with Crippen LogP contribution in [0, 0.1) is 0 Å². The van der Waals surface area contributed by atoms with Crippen molar-refractivity contribution >= 4 is 17.3 Å². The molecule has 1 aliphatic heterocycles. The van der Waals surface area contributed by atoms with Gasteiger partial charge in [0.25, 0.3) is 0 Å². The maximum absolute atomic E-state index is 12.2. The fourth-order valence-electron chi connectivity index (χ4n) is 4.53. The number of ether oxygens (including phenoxy) is 3. The molecule has 1 atom stereocenters. The summed E-state index contributed by atoms with van der Waals surface area (Å²) in [5.74, 6) is 1.92. The molecule has 0 saturated carbocycles. The van der Waals surface area contributed by atoms with Gasteiger partial charge in [0, 0.05) is 6.42 Å². The van der Waals surface area contributed by atoms with Gasteiger partial charge in [0.2, 0.25) is 5.60 Å². The zero-order chi connectivity index (χ0) is 25.7. The summed E-state index contributed by atoms with van der Waals surface area (Å²) < 4.78 is 18.1. The van der Waals surface area contributed by atoms with Gasteiger partial charge in [-0.3, -0.25) is 0 Å². The zero-order valence-electron chi connectivity index (χ0n) is 20.7. The molecular weight excluding hydrogens is 466 g/mol. The molecule has 188 valence electrons. The second kappa shape index (κ2) is 10.7. The van der Waals surface area contributed by atoms with Crippen LogP contribution in [-0.4, -0.2) is 29.8 Å². The van der Waals surface area contributed by atoms with Gasteiger partial charge >= 0.3 is 5.97 Å². The number of carbonyl (C=O) groups is 1. The Morgan fingerprint density at radius 1 is 0.811 bits per heavy atom. The number of carboxylic acid groups (broad SMARTS) is 1. The van der Waals surface area contributed by atoms with Gasteiger partial charge in [-0.2, -0.15) is 0 Å². The Hall–Kier alpha value is -4.45. The molecule has 4 aromatic rings. The molecule has 6 nitrogen and oxygen atoms in total. The van der Waals surface area contributed by atoms with Crippen LogP contribution < -0.4 is 19.1 Å². The summed E-state index contributed by atoms with van der Waals surface area (Å²) in [4.78, 5) is 14.4. The van der Waals surface area contributed by atoms with E-state index in [1.807, 2.05) is 97.9 Å². The minimum Gasteiger partial charge on any atom is -0.492 e. The largest absolute Gasteiger partial charge is 0.492 e. The van der Waals surface area contributed by atoms with E-state index in [0.29, 0.717) is 25.3 Å². The van der Waals surface area contributed by atoms with Crippen LogP contribution in [0.1, 0.15) is 18.9 Å². The maximum Gasteiger partial charge on any atom is 0.348 e. The minimum atomic E-state index is -1.35. The summed E-state index contributed by atoms with van der Waals surface area (Å²) in [6.45, 7) is 2.94. The number of hydrogen-bond acceptors (Lipinski definition) is 5. The fourth-order valence-corrected chi connectivity index (χ4v) is 4.53. The summed E-state index contributed by atoms with van der Waals surface area (Å²) in [6.07, 6.45) is 0.577. The van der Waals surface area contributed by atoms with E-state index in [9.17, 15) is 9.90 Å². The molecule has 37 heavy (non-hydrogen) atoms. The van der Waals surface area contributed by atoms with E-state index in [1.165, 1.54) is 0 Å². The smallest absolute Gasteiger partial charge is 0.348 e. The Bertz CT molecular complexity index is 1310. The van der Waals surface area contributed by atoms with Crippen molar-refractivity contribution in [2.24, 2.45) is 0 Å². The highest BCUT2D eigenvalue weighted by Gasteiger charge is 2.39. The lowest BCUT2D eigenvalue weighted by Crippen LogP contribution is -2.46. The van der Waals surface area contributed by atoms with Crippen LogP contribution in [0.2, 0.25) is 0 Å². The van der Waals surface area contributed by atoms with Gasteiger partial charge in [-0.15, -0.1) is 0 Å². The Morgan fingerprint density at radius 3 is 2.00 bits per heavy atom. The second-order valence-corrected chi connectivity index (χ2v) is 8.93. The van der Waals surface area contributed by atoms with Crippen LogP contribution >= 0.6 is 0 Å². The van der Waals surface area contributed by atoms with E-state index >= 15 is 0 Å². The van der Waals surface area contributed by atoms with Gasteiger partial charge in [-0.05, 0) is 60.5 Å². The van der Waals surface area contributed by atoms with E-state index in [0.717, 1.165) is 34.2 Å². The molecule has 0 fully saturated rings. The van der Waals surface area contributed by atoms with Gasteiger partial charge in [0.1, 0.15) is 18.1 Å². The normalized spacial score (nSPS) is 13.5.